The van der Waals surface area contributed by atoms with Crippen molar-refractivity contribution in [3.8, 4) is 28.6 Å². The molecule has 0 aliphatic carbocycles. The zero-order chi connectivity index (χ0) is 25.2. The third-order valence-electron chi connectivity index (χ3n) is 5.71. The van der Waals surface area contributed by atoms with Gasteiger partial charge in [0.25, 0.3) is 0 Å². The summed E-state index contributed by atoms with van der Waals surface area (Å²) in [6.07, 6.45) is 5.58. The number of hydrogen-bond acceptors (Lipinski definition) is 8. The summed E-state index contributed by atoms with van der Waals surface area (Å²) in [4.78, 5) is 11.5. The van der Waals surface area contributed by atoms with E-state index in [2.05, 4.69) is 40.2 Å². The highest BCUT2D eigenvalue weighted by atomic mass is 32.2. The van der Waals surface area contributed by atoms with Gasteiger partial charge in [0, 0.05) is 36.7 Å². The molecule has 0 saturated carbocycles. The van der Waals surface area contributed by atoms with Crippen LogP contribution in [0.3, 0.4) is 0 Å². The summed E-state index contributed by atoms with van der Waals surface area (Å²) < 4.78 is 40.4. The molecule has 10 heteroatoms. The van der Waals surface area contributed by atoms with Gasteiger partial charge in [0.15, 0.2) is 14.9 Å². The van der Waals surface area contributed by atoms with Crippen LogP contribution < -0.4 is 14.8 Å². The molecule has 2 N–H and O–H groups in total. The Bertz CT molecular complexity index is 1320. The van der Waals surface area contributed by atoms with Crippen molar-refractivity contribution in [3.63, 3.8) is 0 Å². The smallest absolute Gasteiger partial charge is 0.237 e. The van der Waals surface area contributed by atoms with Gasteiger partial charge in [0.05, 0.1) is 30.4 Å². The van der Waals surface area contributed by atoms with E-state index < -0.39 is 9.84 Å². The highest BCUT2D eigenvalue weighted by Crippen LogP contribution is 2.33. The number of nitrogens with zero attached hydrogens (tertiary/aromatic N) is 2. The van der Waals surface area contributed by atoms with Gasteiger partial charge in [-0.15, -0.1) is 0 Å². The zero-order valence-corrected chi connectivity index (χ0v) is 21.2. The second kappa shape index (κ2) is 10.1. The van der Waals surface area contributed by atoms with Crippen LogP contribution in [-0.2, 0) is 14.6 Å². The lowest BCUT2D eigenvalue weighted by atomic mass is 10.1. The highest BCUT2D eigenvalue weighted by Gasteiger charge is 2.21. The Morgan fingerprint density at radius 1 is 1.06 bits per heavy atom. The maximum atomic E-state index is 11.7. The molecular formula is C25H30N4O5S. The van der Waals surface area contributed by atoms with Gasteiger partial charge < -0.3 is 24.5 Å². The van der Waals surface area contributed by atoms with Gasteiger partial charge in [-0.3, -0.25) is 0 Å². The molecule has 4 rings (SSSR count). The average molecular weight is 499 g/mol. The molecule has 1 aliphatic rings. The first-order chi connectivity index (χ1) is 16.6. The van der Waals surface area contributed by atoms with Gasteiger partial charge in [-0.2, -0.15) is 0 Å². The van der Waals surface area contributed by atoms with Crippen LogP contribution in [0.4, 0.5) is 0 Å². The maximum absolute atomic E-state index is 11.7. The Kier molecular flexibility index (Phi) is 7.13. The molecule has 0 spiro atoms. The van der Waals surface area contributed by atoms with Crippen molar-refractivity contribution in [1.29, 1.82) is 0 Å². The van der Waals surface area contributed by atoms with E-state index in [9.17, 15) is 8.42 Å². The summed E-state index contributed by atoms with van der Waals surface area (Å²) in [6.45, 7) is 6.70. The van der Waals surface area contributed by atoms with Crippen molar-refractivity contribution < 1.29 is 22.6 Å². The molecule has 1 aromatic carbocycles. The number of benzene rings is 1. The number of rotatable bonds is 9. The molecule has 0 radical (unpaired) electrons. The van der Waals surface area contributed by atoms with Crippen LogP contribution in [0.2, 0.25) is 0 Å². The standard InChI is InChI=1S/C25H30N4O5S/c1-15-8-23(28-17(15)3)22-7-6-21(29-22)18-9-19(33-16(2)14-32-4)11-20(10-18)34-24-12-27-25(13-26-24)35(5,30)31/h6-13,15-17,28-29H,14H2,1-5H3/t15-,16+,17+/m1/s1. The fraction of sp³-hybridized carbons (Fsp3) is 0.360. The first-order valence-electron chi connectivity index (χ1n) is 11.3. The summed E-state index contributed by atoms with van der Waals surface area (Å²) in [6, 6.07) is 9.96. The number of sulfone groups is 1. The molecular weight excluding hydrogens is 468 g/mol. The molecule has 0 bridgehead atoms. The fourth-order valence-electron chi connectivity index (χ4n) is 3.74. The topological polar surface area (TPSA) is 115 Å². The SMILES string of the molecule is COC[C@H](C)Oc1cc(Oc2cnc(S(C)(=O)=O)cn2)cc(-c2ccc(C3=C[C@@H](C)[C@H](C)N3)[nH]2)c1. The van der Waals surface area contributed by atoms with E-state index in [-0.39, 0.29) is 17.0 Å². The van der Waals surface area contributed by atoms with Crippen LogP contribution >= 0.6 is 0 Å². The Hall–Kier alpha value is -3.37. The molecule has 2 aromatic heterocycles. The Labute approximate surface area is 205 Å². The number of aromatic amines is 1. The number of ether oxygens (including phenoxy) is 3. The molecule has 0 unspecified atom stereocenters. The largest absolute Gasteiger partial charge is 0.488 e. The summed E-state index contributed by atoms with van der Waals surface area (Å²) in [5.41, 5.74) is 3.83. The normalized spacial score (nSPS) is 18.6. The number of aromatic nitrogens is 3. The summed E-state index contributed by atoms with van der Waals surface area (Å²) in [5.74, 6) is 1.69. The molecule has 3 heterocycles. The van der Waals surface area contributed by atoms with E-state index in [1.165, 1.54) is 12.4 Å². The van der Waals surface area contributed by atoms with Crippen LogP contribution in [0.25, 0.3) is 17.0 Å². The molecule has 9 nitrogen and oxygen atoms in total. The molecule has 35 heavy (non-hydrogen) atoms. The van der Waals surface area contributed by atoms with Gasteiger partial charge in [0.2, 0.25) is 5.88 Å². The van der Waals surface area contributed by atoms with Crippen molar-refractivity contribution in [2.75, 3.05) is 20.0 Å². The lowest BCUT2D eigenvalue weighted by molar-refractivity contribution is 0.0920. The lowest BCUT2D eigenvalue weighted by Crippen LogP contribution is -2.22. The van der Waals surface area contributed by atoms with Crippen molar-refractivity contribution in [2.24, 2.45) is 5.92 Å². The molecule has 0 saturated heterocycles. The van der Waals surface area contributed by atoms with Crippen LogP contribution in [0.1, 0.15) is 26.5 Å². The van der Waals surface area contributed by atoms with E-state index >= 15 is 0 Å². The highest BCUT2D eigenvalue weighted by molar-refractivity contribution is 7.90. The third kappa shape index (κ3) is 6.01. The maximum Gasteiger partial charge on any atom is 0.237 e. The second-order valence-corrected chi connectivity index (χ2v) is 10.8. The average Bonchev–Trinajstić information content (AvgIpc) is 3.40. The second-order valence-electron chi connectivity index (χ2n) is 8.80. The minimum Gasteiger partial charge on any atom is -0.488 e. The molecule has 0 fully saturated rings. The summed E-state index contributed by atoms with van der Waals surface area (Å²) >= 11 is 0. The molecule has 3 aromatic rings. The van der Waals surface area contributed by atoms with E-state index in [1.807, 2.05) is 31.2 Å². The van der Waals surface area contributed by atoms with Crippen molar-refractivity contribution >= 4 is 15.5 Å². The molecule has 0 amide bonds. The summed E-state index contributed by atoms with van der Waals surface area (Å²) in [7, 11) is -1.82. The predicted molar refractivity (Wildman–Crippen MR) is 133 cm³/mol. The summed E-state index contributed by atoms with van der Waals surface area (Å²) in [5, 5.41) is 3.39. The Morgan fingerprint density at radius 3 is 2.43 bits per heavy atom. The van der Waals surface area contributed by atoms with Gasteiger partial charge in [-0.05, 0) is 44.0 Å². The Balaban J connectivity index is 1.64. The van der Waals surface area contributed by atoms with Crippen molar-refractivity contribution in [2.45, 2.75) is 37.9 Å². The quantitative estimate of drug-likeness (QED) is 0.454. The first kappa shape index (κ1) is 24.7. The molecule has 1 aliphatic heterocycles. The number of methoxy groups -OCH3 is 1. The molecule has 3 atom stereocenters. The first-order valence-corrected chi connectivity index (χ1v) is 13.2. The van der Waals surface area contributed by atoms with E-state index in [4.69, 9.17) is 14.2 Å². The van der Waals surface area contributed by atoms with Gasteiger partial charge in [0.1, 0.15) is 17.6 Å². The van der Waals surface area contributed by atoms with Gasteiger partial charge in [-0.25, -0.2) is 18.4 Å². The van der Waals surface area contributed by atoms with Crippen LogP contribution in [0.5, 0.6) is 17.4 Å². The fourth-order valence-corrected chi connectivity index (χ4v) is 4.23. The van der Waals surface area contributed by atoms with E-state index in [1.54, 1.807) is 13.2 Å². The number of nitrogens with one attached hydrogen (secondary N) is 2. The predicted octanol–water partition coefficient (Wildman–Crippen LogP) is 4.05. The lowest BCUT2D eigenvalue weighted by Gasteiger charge is -2.16. The van der Waals surface area contributed by atoms with Crippen LogP contribution in [0, 0.1) is 5.92 Å². The van der Waals surface area contributed by atoms with Gasteiger partial charge in [-0.1, -0.05) is 13.0 Å². The zero-order valence-electron chi connectivity index (χ0n) is 20.4. The Morgan fingerprint density at radius 2 is 1.80 bits per heavy atom. The van der Waals surface area contributed by atoms with E-state index in [0.717, 1.165) is 28.9 Å². The van der Waals surface area contributed by atoms with Crippen molar-refractivity contribution in [3.05, 3.63) is 54.5 Å². The number of H-pyrrole nitrogens is 1. The van der Waals surface area contributed by atoms with E-state index in [0.29, 0.717) is 30.1 Å². The minimum absolute atomic E-state index is 0.117. The van der Waals surface area contributed by atoms with Crippen LogP contribution in [-0.4, -0.2) is 55.5 Å². The minimum atomic E-state index is -3.45. The van der Waals surface area contributed by atoms with Crippen LogP contribution in [0.15, 0.2) is 53.8 Å². The molecule has 186 valence electrons. The van der Waals surface area contributed by atoms with Gasteiger partial charge >= 0.3 is 0 Å². The third-order valence-corrected chi connectivity index (χ3v) is 6.68. The van der Waals surface area contributed by atoms with Crippen molar-refractivity contribution in [1.82, 2.24) is 20.3 Å². The monoisotopic (exact) mass is 498 g/mol. The number of hydrogen-bond donors (Lipinski definition) is 2.